The molecule has 0 saturated carbocycles. The average Bonchev–Trinajstić information content (AvgIpc) is 3.05. The highest BCUT2D eigenvalue weighted by atomic mass is 32.2. The van der Waals surface area contributed by atoms with Crippen LogP contribution >= 0.6 is 23.1 Å². The zero-order valence-electron chi connectivity index (χ0n) is 12.9. The highest BCUT2D eigenvalue weighted by molar-refractivity contribution is 7.98. The third-order valence-electron chi connectivity index (χ3n) is 3.47. The van der Waals surface area contributed by atoms with Crippen LogP contribution in [0, 0.1) is 5.82 Å². The molecule has 4 rings (SSSR count). The SMILES string of the molecule is Nc1ccnc(CSc2ncnc3cc(-c4ccc(F)cc4)sc23)n1. The first-order chi connectivity index (χ1) is 12.2. The van der Waals surface area contributed by atoms with Crippen molar-refractivity contribution in [2.45, 2.75) is 10.8 Å². The molecule has 1 aromatic carbocycles. The number of nitrogen functional groups attached to an aromatic ring is 1. The van der Waals surface area contributed by atoms with Gasteiger partial charge in [-0.25, -0.2) is 24.3 Å². The van der Waals surface area contributed by atoms with Gasteiger partial charge < -0.3 is 5.73 Å². The maximum atomic E-state index is 13.1. The molecule has 25 heavy (non-hydrogen) atoms. The van der Waals surface area contributed by atoms with Gasteiger partial charge in [-0.3, -0.25) is 0 Å². The maximum absolute atomic E-state index is 13.1. The smallest absolute Gasteiger partial charge is 0.140 e. The Balaban J connectivity index is 1.64. The van der Waals surface area contributed by atoms with Crippen LogP contribution in [0.4, 0.5) is 10.2 Å². The van der Waals surface area contributed by atoms with E-state index in [1.54, 1.807) is 53.8 Å². The van der Waals surface area contributed by atoms with Gasteiger partial charge >= 0.3 is 0 Å². The molecule has 3 aromatic heterocycles. The number of benzene rings is 1. The van der Waals surface area contributed by atoms with Crippen molar-refractivity contribution < 1.29 is 4.39 Å². The monoisotopic (exact) mass is 369 g/mol. The molecule has 0 fully saturated rings. The van der Waals surface area contributed by atoms with E-state index >= 15 is 0 Å². The molecule has 0 aliphatic carbocycles. The second kappa shape index (κ2) is 6.73. The molecular formula is C17H12FN5S2. The fourth-order valence-electron chi connectivity index (χ4n) is 2.31. The minimum Gasteiger partial charge on any atom is -0.384 e. The molecule has 0 amide bonds. The summed E-state index contributed by atoms with van der Waals surface area (Å²) in [6.45, 7) is 0. The molecule has 0 spiro atoms. The Labute approximate surface area is 151 Å². The summed E-state index contributed by atoms with van der Waals surface area (Å²) in [5, 5.41) is 0.870. The number of fused-ring (bicyclic) bond motifs is 1. The Bertz CT molecular complexity index is 1030. The van der Waals surface area contributed by atoms with Crippen LogP contribution in [0.15, 0.2) is 53.9 Å². The Morgan fingerprint density at radius 3 is 2.72 bits per heavy atom. The predicted molar refractivity (Wildman–Crippen MR) is 98.8 cm³/mol. The third-order valence-corrected chi connectivity index (χ3v) is 5.77. The van der Waals surface area contributed by atoms with Crippen LogP contribution in [0.5, 0.6) is 0 Å². The van der Waals surface area contributed by atoms with Gasteiger partial charge in [0.25, 0.3) is 0 Å². The van der Waals surface area contributed by atoms with Crippen molar-refractivity contribution in [3.8, 4) is 10.4 Å². The summed E-state index contributed by atoms with van der Waals surface area (Å²) in [6, 6.07) is 10.1. The number of thiophene rings is 1. The molecule has 0 atom stereocenters. The van der Waals surface area contributed by atoms with Crippen molar-refractivity contribution in [3.05, 3.63) is 60.6 Å². The molecule has 124 valence electrons. The molecule has 2 N–H and O–H groups in total. The highest BCUT2D eigenvalue weighted by Gasteiger charge is 2.11. The topological polar surface area (TPSA) is 77.6 Å². The van der Waals surface area contributed by atoms with Crippen molar-refractivity contribution in [1.29, 1.82) is 0 Å². The standard InChI is InChI=1S/C17H12FN5S2/c18-11-3-1-10(2-4-11)13-7-12-16(25-13)17(22-9-21-12)24-8-15-20-6-5-14(19)23-15/h1-7,9H,8H2,(H2,19,20,23). The van der Waals surface area contributed by atoms with Crippen LogP contribution in [0.25, 0.3) is 20.7 Å². The molecule has 5 nitrogen and oxygen atoms in total. The Morgan fingerprint density at radius 2 is 1.92 bits per heavy atom. The number of hydrogen-bond donors (Lipinski definition) is 1. The Kier molecular flexibility index (Phi) is 4.29. The maximum Gasteiger partial charge on any atom is 0.140 e. The van der Waals surface area contributed by atoms with Crippen LogP contribution in [-0.2, 0) is 5.75 Å². The second-order valence-corrected chi connectivity index (χ2v) is 7.21. The largest absolute Gasteiger partial charge is 0.384 e. The van der Waals surface area contributed by atoms with E-state index in [9.17, 15) is 4.39 Å². The van der Waals surface area contributed by atoms with Gasteiger partial charge in [0, 0.05) is 11.1 Å². The lowest BCUT2D eigenvalue weighted by Crippen LogP contribution is -1.97. The fraction of sp³-hybridized carbons (Fsp3) is 0.0588. The lowest BCUT2D eigenvalue weighted by atomic mass is 10.2. The number of halogens is 1. The first-order valence-electron chi connectivity index (χ1n) is 7.40. The summed E-state index contributed by atoms with van der Waals surface area (Å²) in [7, 11) is 0. The van der Waals surface area contributed by atoms with E-state index in [-0.39, 0.29) is 5.82 Å². The minimum absolute atomic E-state index is 0.247. The molecule has 0 saturated heterocycles. The Hall–Kier alpha value is -2.58. The van der Waals surface area contributed by atoms with E-state index in [0.717, 1.165) is 25.7 Å². The number of aromatic nitrogens is 4. The molecule has 0 unspecified atom stereocenters. The van der Waals surface area contributed by atoms with E-state index in [1.807, 2.05) is 6.07 Å². The molecule has 3 heterocycles. The summed E-state index contributed by atoms with van der Waals surface area (Å²) in [5.41, 5.74) is 7.51. The molecular weight excluding hydrogens is 357 g/mol. The highest BCUT2D eigenvalue weighted by Crippen LogP contribution is 2.37. The predicted octanol–water partition coefficient (Wildman–Crippen LogP) is 4.16. The van der Waals surface area contributed by atoms with Crippen molar-refractivity contribution in [2.75, 3.05) is 5.73 Å². The van der Waals surface area contributed by atoms with Crippen LogP contribution in [0.2, 0.25) is 0 Å². The fourth-order valence-corrected chi connectivity index (χ4v) is 4.37. The third kappa shape index (κ3) is 3.45. The van der Waals surface area contributed by atoms with Gasteiger partial charge in [-0.2, -0.15) is 0 Å². The second-order valence-electron chi connectivity index (χ2n) is 5.20. The van der Waals surface area contributed by atoms with Gasteiger partial charge in [0.2, 0.25) is 0 Å². The number of anilines is 1. The van der Waals surface area contributed by atoms with Gasteiger partial charge in [-0.15, -0.1) is 11.3 Å². The van der Waals surface area contributed by atoms with Crippen molar-refractivity contribution in [1.82, 2.24) is 19.9 Å². The number of hydrogen-bond acceptors (Lipinski definition) is 7. The van der Waals surface area contributed by atoms with E-state index in [1.165, 1.54) is 12.1 Å². The number of rotatable bonds is 4. The molecule has 0 aliphatic rings. The molecule has 4 aromatic rings. The van der Waals surface area contributed by atoms with Crippen LogP contribution in [0.1, 0.15) is 5.82 Å². The lowest BCUT2D eigenvalue weighted by molar-refractivity contribution is 0.628. The lowest BCUT2D eigenvalue weighted by Gasteiger charge is -2.01. The summed E-state index contributed by atoms with van der Waals surface area (Å²) in [5.74, 6) is 1.43. The van der Waals surface area contributed by atoms with Gasteiger partial charge in [0.15, 0.2) is 0 Å². The summed E-state index contributed by atoms with van der Waals surface area (Å²) in [4.78, 5) is 18.1. The summed E-state index contributed by atoms with van der Waals surface area (Å²) in [6.07, 6.45) is 3.19. The molecule has 0 aliphatic heterocycles. The van der Waals surface area contributed by atoms with E-state index < -0.39 is 0 Å². The Morgan fingerprint density at radius 1 is 1.08 bits per heavy atom. The minimum atomic E-state index is -0.247. The van der Waals surface area contributed by atoms with Gasteiger partial charge in [0.05, 0.1) is 16.0 Å². The van der Waals surface area contributed by atoms with E-state index in [2.05, 4.69) is 19.9 Å². The first kappa shape index (κ1) is 15.9. The summed E-state index contributed by atoms with van der Waals surface area (Å²) < 4.78 is 14.1. The zero-order valence-corrected chi connectivity index (χ0v) is 14.5. The average molecular weight is 369 g/mol. The van der Waals surface area contributed by atoms with Crippen LogP contribution in [0.3, 0.4) is 0 Å². The van der Waals surface area contributed by atoms with E-state index in [4.69, 9.17) is 5.73 Å². The number of nitrogens with zero attached hydrogens (tertiary/aromatic N) is 4. The van der Waals surface area contributed by atoms with Gasteiger partial charge in [-0.1, -0.05) is 23.9 Å². The summed E-state index contributed by atoms with van der Waals surface area (Å²) >= 11 is 3.13. The molecule has 0 radical (unpaired) electrons. The van der Waals surface area contributed by atoms with Crippen molar-refractivity contribution in [2.24, 2.45) is 0 Å². The number of nitrogens with two attached hydrogens (primary N) is 1. The van der Waals surface area contributed by atoms with Gasteiger partial charge in [0.1, 0.15) is 28.8 Å². The molecule has 0 bridgehead atoms. The normalized spacial score (nSPS) is 11.1. The zero-order chi connectivity index (χ0) is 17.2. The van der Waals surface area contributed by atoms with Crippen molar-refractivity contribution >= 4 is 39.1 Å². The molecule has 8 heteroatoms. The quantitative estimate of drug-likeness (QED) is 0.430. The van der Waals surface area contributed by atoms with Crippen LogP contribution in [-0.4, -0.2) is 19.9 Å². The van der Waals surface area contributed by atoms with Gasteiger partial charge in [-0.05, 0) is 29.8 Å². The number of thioether (sulfide) groups is 1. The van der Waals surface area contributed by atoms with Crippen molar-refractivity contribution in [3.63, 3.8) is 0 Å². The first-order valence-corrected chi connectivity index (χ1v) is 9.20. The van der Waals surface area contributed by atoms with Crippen LogP contribution < -0.4 is 5.73 Å². The van der Waals surface area contributed by atoms with E-state index in [0.29, 0.717) is 17.4 Å².